The van der Waals surface area contributed by atoms with Gasteiger partial charge in [-0.15, -0.1) is 0 Å². The van der Waals surface area contributed by atoms with E-state index in [2.05, 4.69) is 52.8 Å². The highest BCUT2D eigenvalue weighted by Gasteiger charge is 2.00. The number of nitrogens with one attached hydrogen (secondary N) is 1. The molecule has 0 aliphatic heterocycles. The lowest BCUT2D eigenvalue weighted by Crippen LogP contribution is -2.13. The van der Waals surface area contributed by atoms with E-state index in [1.807, 2.05) is 24.5 Å². The molecule has 1 aromatic heterocycles. The van der Waals surface area contributed by atoms with E-state index >= 15 is 0 Å². The number of hydrogen-bond donors (Lipinski definition) is 1. The zero-order valence-corrected chi connectivity index (χ0v) is 10.7. The standard InChI is InChI=1S/C17H16N2/c1-2-6-14(7-3-1)10-18-12-16-13-19-11-15-8-4-5-9-17(15)16/h1-9,11,13,18H,10,12H2. The van der Waals surface area contributed by atoms with E-state index in [4.69, 9.17) is 0 Å². The van der Waals surface area contributed by atoms with Crippen LogP contribution in [0.3, 0.4) is 0 Å². The second-order valence-electron chi connectivity index (χ2n) is 4.61. The van der Waals surface area contributed by atoms with Crippen molar-refractivity contribution in [2.45, 2.75) is 13.1 Å². The summed E-state index contributed by atoms with van der Waals surface area (Å²) in [6.07, 6.45) is 3.86. The lowest BCUT2D eigenvalue weighted by molar-refractivity contribution is 0.695. The first-order valence-electron chi connectivity index (χ1n) is 6.50. The molecule has 3 aromatic rings. The van der Waals surface area contributed by atoms with Crippen LogP contribution in [0.5, 0.6) is 0 Å². The molecule has 1 heterocycles. The largest absolute Gasteiger partial charge is 0.309 e. The minimum absolute atomic E-state index is 0.837. The van der Waals surface area contributed by atoms with Gasteiger partial charge in [-0.05, 0) is 16.5 Å². The summed E-state index contributed by atoms with van der Waals surface area (Å²) in [6, 6.07) is 18.8. The van der Waals surface area contributed by atoms with Gasteiger partial charge in [0.1, 0.15) is 0 Å². The lowest BCUT2D eigenvalue weighted by atomic mass is 10.1. The first kappa shape index (κ1) is 11.9. The second-order valence-corrected chi connectivity index (χ2v) is 4.61. The fourth-order valence-electron chi connectivity index (χ4n) is 2.26. The highest BCUT2D eigenvalue weighted by molar-refractivity contribution is 5.84. The van der Waals surface area contributed by atoms with Crippen LogP contribution in [0.1, 0.15) is 11.1 Å². The van der Waals surface area contributed by atoms with Gasteiger partial charge in [0.25, 0.3) is 0 Å². The Kier molecular flexibility index (Phi) is 3.52. The van der Waals surface area contributed by atoms with Crippen LogP contribution in [-0.4, -0.2) is 4.98 Å². The van der Waals surface area contributed by atoms with Crippen molar-refractivity contribution in [1.82, 2.24) is 10.3 Å². The van der Waals surface area contributed by atoms with Gasteiger partial charge in [-0.2, -0.15) is 0 Å². The van der Waals surface area contributed by atoms with Crippen molar-refractivity contribution in [2.75, 3.05) is 0 Å². The third kappa shape index (κ3) is 2.80. The highest BCUT2D eigenvalue weighted by atomic mass is 14.8. The quantitative estimate of drug-likeness (QED) is 0.764. The van der Waals surface area contributed by atoms with E-state index in [0.717, 1.165) is 13.1 Å². The van der Waals surface area contributed by atoms with Crippen LogP contribution >= 0.6 is 0 Å². The molecule has 0 aliphatic carbocycles. The maximum absolute atomic E-state index is 4.30. The van der Waals surface area contributed by atoms with Crippen molar-refractivity contribution in [3.8, 4) is 0 Å². The van der Waals surface area contributed by atoms with E-state index in [1.165, 1.54) is 21.9 Å². The second kappa shape index (κ2) is 5.63. The summed E-state index contributed by atoms with van der Waals surface area (Å²) >= 11 is 0. The Balaban J connectivity index is 1.72. The monoisotopic (exact) mass is 248 g/mol. The van der Waals surface area contributed by atoms with Crippen LogP contribution in [0.4, 0.5) is 0 Å². The summed E-state index contributed by atoms with van der Waals surface area (Å²) in [6.45, 7) is 1.72. The fourth-order valence-corrected chi connectivity index (χ4v) is 2.26. The van der Waals surface area contributed by atoms with Gasteiger partial charge in [0.05, 0.1) is 0 Å². The predicted octanol–water partition coefficient (Wildman–Crippen LogP) is 3.52. The third-order valence-corrected chi connectivity index (χ3v) is 3.24. The van der Waals surface area contributed by atoms with Crippen molar-refractivity contribution >= 4 is 10.8 Å². The Morgan fingerprint density at radius 2 is 1.58 bits per heavy atom. The molecule has 2 nitrogen and oxygen atoms in total. The summed E-state index contributed by atoms with van der Waals surface area (Å²) in [5.74, 6) is 0. The molecule has 0 unspecified atom stereocenters. The zero-order chi connectivity index (χ0) is 12.9. The number of fused-ring (bicyclic) bond motifs is 1. The van der Waals surface area contributed by atoms with Crippen LogP contribution < -0.4 is 5.32 Å². The van der Waals surface area contributed by atoms with E-state index in [-0.39, 0.29) is 0 Å². The minimum Gasteiger partial charge on any atom is -0.309 e. The number of benzene rings is 2. The Hall–Kier alpha value is -2.19. The van der Waals surface area contributed by atoms with Gasteiger partial charge in [0.2, 0.25) is 0 Å². The van der Waals surface area contributed by atoms with Crippen molar-refractivity contribution in [1.29, 1.82) is 0 Å². The van der Waals surface area contributed by atoms with Gasteiger partial charge < -0.3 is 5.32 Å². The SMILES string of the molecule is c1ccc(CNCc2cncc3ccccc23)cc1. The molecule has 0 fully saturated rings. The van der Waals surface area contributed by atoms with Gasteiger partial charge in [0.15, 0.2) is 0 Å². The number of rotatable bonds is 4. The average Bonchev–Trinajstić information content (AvgIpc) is 2.49. The summed E-state index contributed by atoms with van der Waals surface area (Å²) in [5.41, 5.74) is 2.55. The normalized spacial score (nSPS) is 10.7. The number of hydrogen-bond acceptors (Lipinski definition) is 2. The number of pyridine rings is 1. The molecule has 0 radical (unpaired) electrons. The predicted molar refractivity (Wildman–Crippen MR) is 78.7 cm³/mol. The molecule has 0 saturated heterocycles. The van der Waals surface area contributed by atoms with E-state index < -0.39 is 0 Å². The average molecular weight is 248 g/mol. The van der Waals surface area contributed by atoms with Crippen LogP contribution in [0.15, 0.2) is 67.0 Å². The summed E-state index contributed by atoms with van der Waals surface area (Å²) in [4.78, 5) is 4.30. The minimum atomic E-state index is 0.837. The van der Waals surface area contributed by atoms with Crippen molar-refractivity contribution in [3.63, 3.8) is 0 Å². The van der Waals surface area contributed by atoms with Crippen LogP contribution in [0.25, 0.3) is 10.8 Å². The Labute approximate surface area is 113 Å². The van der Waals surface area contributed by atoms with Gasteiger partial charge in [0, 0.05) is 30.9 Å². The molecule has 0 spiro atoms. The molecule has 0 saturated carbocycles. The zero-order valence-electron chi connectivity index (χ0n) is 10.7. The highest BCUT2D eigenvalue weighted by Crippen LogP contribution is 2.16. The number of nitrogens with zero attached hydrogens (tertiary/aromatic N) is 1. The summed E-state index contributed by atoms with van der Waals surface area (Å²) in [5, 5.41) is 5.94. The van der Waals surface area contributed by atoms with Crippen LogP contribution in [0.2, 0.25) is 0 Å². The van der Waals surface area contributed by atoms with Gasteiger partial charge >= 0.3 is 0 Å². The molecule has 1 N–H and O–H groups in total. The Morgan fingerprint density at radius 1 is 0.789 bits per heavy atom. The Bertz CT molecular complexity index is 657. The maximum Gasteiger partial charge on any atom is 0.0346 e. The first-order chi connectivity index (χ1) is 9.43. The van der Waals surface area contributed by atoms with Gasteiger partial charge in [-0.1, -0.05) is 54.6 Å². The fraction of sp³-hybridized carbons (Fsp3) is 0.118. The summed E-state index contributed by atoms with van der Waals surface area (Å²) < 4.78 is 0. The molecular weight excluding hydrogens is 232 g/mol. The van der Waals surface area contributed by atoms with E-state index in [0.29, 0.717) is 0 Å². The molecule has 19 heavy (non-hydrogen) atoms. The van der Waals surface area contributed by atoms with E-state index in [9.17, 15) is 0 Å². The van der Waals surface area contributed by atoms with Gasteiger partial charge in [-0.25, -0.2) is 0 Å². The van der Waals surface area contributed by atoms with Crippen LogP contribution in [0, 0.1) is 0 Å². The molecule has 2 heteroatoms. The molecule has 2 aromatic carbocycles. The number of aromatic nitrogens is 1. The van der Waals surface area contributed by atoms with Crippen molar-refractivity contribution < 1.29 is 0 Å². The van der Waals surface area contributed by atoms with Gasteiger partial charge in [-0.3, -0.25) is 4.98 Å². The summed E-state index contributed by atoms with van der Waals surface area (Å²) in [7, 11) is 0. The molecule has 0 bridgehead atoms. The molecule has 0 atom stereocenters. The van der Waals surface area contributed by atoms with Crippen molar-refractivity contribution in [3.05, 3.63) is 78.1 Å². The third-order valence-electron chi connectivity index (χ3n) is 3.24. The topological polar surface area (TPSA) is 24.9 Å². The maximum atomic E-state index is 4.30. The van der Waals surface area contributed by atoms with E-state index in [1.54, 1.807) is 0 Å². The molecule has 0 aliphatic rings. The van der Waals surface area contributed by atoms with Crippen LogP contribution in [-0.2, 0) is 13.1 Å². The molecule has 3 rings (SSSR count). The van der Waals surface area contributed by atoms with Crippen molar-refractivity contribution in [2.24, 2.45) is 0 Å². The first-order valence-corrected chi connectivity index (χ1v) is 6.50. The lowest BCUT2D eigenvalue weighted by Gasteiger charge is -2.07. The Morgan fingerprint density at radius 3 is 2.47 bits per heavy atom. The molecule has 94 valence electrons. The molecular formula is C17H16N2. The molecule has 0 amide bonds. The smallest absolute Gasteiger partial charge is 0.0346 e.